The van der Waals surface area contributed by atoms with Crippen molar-refractivity contribution in [1.82, 2.24) is 20.4 Å². The van der Waals surface area contributed by atoms with Gasteiger partial charge in [0.05, 0.1) is 0 Å². The molecule has 0 aliphatic carbocycles. The van der Waals surface area contributed by atoms with Crippen molar-refractivity contribution in [3.63, 3.8) is 0 Å². The molecule has 0 aromatic rings. The van der Waals surface area contributed by atoms with Crippen molar-refractivity contribution in [3.05, 3.63) is 0 Å². The van der Waals surface area contributed by atoms with E-state index in [9.17, 15) is 4.79 Å². The predicted molar refractivity (Wildman–Crippen MR) is 115 cm³/mol. The molecule has 156 valence electrons. The molecule has 26 heavy (non-hydrogen) atoms. The van der Waals surface area contributed by atoms with Gasteiger partial charge in [-0.1, -0.05) is 6.42 Å². The predicted octanol–water partition coefficient (Wildman–Crippen LogP) is 2.46. The normalized spacial score (nSPS) is 26.1. The minimum atomic E-state index is 0. The van der Waals surface area contributed by atoms with Gasteiger partial charge in [-0.15, -0.1) is 37.2 Å². The lowest BCUT2D eigenvalue weighted by atomic mass is 9.84. The fourth-order valence-corrected chi connectivity index (χ4v) is 4.50. The summed E-state index contributed by atoms with van der Waals surface area (Å²) in [5, 5.41) is 6.72. The summed E-state index contributed by atoms with van der Waals surface area (Å²) in [7, 11) is 2.21. The molecular formula is C18H37Cl3N4O. The molecule has 0 radical (unpaired) electrons. The third-order valence-corrected chi connectivity index (χ3v) is 6.15. The van der Waals surface area contributed by atoms with Crippen LogP contribution in [-0.2, 0) is 4.79 Å². The maximum atomic E-state index is 12.4. The second-order valence-electron chi connectivity index (χ2n) is 7.85. The van der Waals surface area contributed by atoms with Crippen LogP contribution >= 0.6 is 37.2 Å². The van der Waals surface area contributed by atoms with Gasteiger partial charge in [-0.3, -0.25) is 9.69 Å². The zero-order valence-electron chi connectivity index (χ0n) is 16.0. The fourth-order valence-electron chi connectivity index (χ4n) is 4.50. The highest BCUT2D eigenvalue weighted by Crippen LogP contribution is 2.30. The van der Waals surface area contributed by atoms with E-state index in [0.717, 1.165) is 32.6 Å². The van der Waals surface area contributed by atoms with Crippen LogP contribution in [0, 0.1) is 0 Å². The first-order valence-corrected chi connectivity index (χ1v) is 9.62. The first-order chi connectivity index (χ1) is 11.2. The number of halogens is 3. The Hall–Kier alpha value is 0.220. The smallest absolute Gasteiger partial charge is 0.221 e. The van der Waals surface area contributed by atoms with Gasteiger partial charge in [-0.2, -0.15) is 0 Å². The van der Waals surface area contributed by atoms with Crippen molar-refractivity contribution in [3.8, 4) is 0 Å². The van der Waals surface area contributed by atoms with Gasteiger partial charge in [-0.25, -0.2) is 0 Å². The quantitative estimate of drug-likeness (QED) is 0.702. The molecule has 1 atom stereocenters. The second-order valence-corrected chi connectivity index (χ2v) is 7.85. The summed E-state index contributed by atoms with van der Waals surface area (Å²) in [5.41, 5.74) is 0.200. The highest BCUT2D eigenvalue weighted by atomic mass is 35.5. The summed E-state index contributed by atoms with van der Waals surface area (Å²) < 4.78 is 0. The number of hydrogen-bond acceptors (Lipinski definition) is 4. The monoisotopic (exact) mass is 430 g/mol. The molecule has 0 aromatic heterocycles. The minimum Gasteiger partial charge on any atom is -0.354 e. The molecule has 3 rings (SSSR count). The van der Waals surface area contributed by atoms with Gasteiger partial charge in [0.15, 0.2) is 0 Å². The number of carbonyl (C=O) groups excluding carboxylic acids is 1. The molecule has 1 amide bonds. The highest BCUT2D eigenvalue weighted by molar-refractivity contribution is 5.86. The Morgan fingerprint density at radius 2 is 1.69 bits per heavy atom. The van der Waals surface area contributed by atoms with Crippen molar-refractivity contribution >= 4 is 43.1 Å². The van der Waals surface area contributed by atoms with Crippen molar-refractivity contribution < 1.29 is 4.79 Å². The lowest BCUT2D eigenvalue weighted by Crippen LogP contribution is -2.61. The summed E-state index contributed by atoms with van der Waals surface area (Å²) in [5.74, 6) is 0.236. The SMILES string of the molecule is CN1CCC(CNC(=O)CC2CCCN2)(N2CCCCC2)CC1.Cl.Cl.Cl. The molecular weight excluding hydrogens is 395 g/mol. The molecule has 3 aliphatic rings. The fraction of sp³-hybridized carbons (Fsp3) is 0.944. The van der Waals surface area contributed by atoms with Gasteiger partial charge in [0.2, 0.25) is 5.91 Å². The lowest BCUT2D eigenvalue weighted by Gasteiger charge is -2.50. The van der Waals surface area contributed by atoms with E-state index in [1.807, 2.05) is 0 Å². The van der Waals surface area contributed by atoms with Crippen LogP contribution in [0.15, 0.2) is 0 Å². The number of nitrogens with one attached hydrogen (secondary N) is 2. The Kier molecular flexibility index (Phi) is 12.7. The Morgan fingerprint density at radius 1 is 1.04 bits per heavy atom. The molecule has 0 spiro atoms. The average Bonchev–Trinajstić information content (AvgIpc) is 3.08. The topological polar surface area (TPSA) is 47.6 Å². The number of nitrogens with zero attached hydrogens (tertiary/aromatic N) is 2. The van der Waals surface area contributed by atoms with Gasteiger partial charge in [0, 0.05) is 24.5 Å². The molecule has 2 N–H and O–H groups in total. The van der Waals surface area contributed by atoms with Crippen molar-refractivity contribution in [2.75, 3.05) is 46.3 Å². The number of hydrogen-bond donors (Lipinski definition) is 2. The summed E-state index contributed by atoms with van der Waals surface area (Å²) in [6, 6.07) is 0.401. The number of carbonyl (C=O) groups is 1. The molecule has 0 bridgehead atoms. The largest absolute Gasteiger partial charge is 0.354 e. The van der Waals surface area contributed by atoms with E-state index >= 15 is 0 Å². The van der Waals surface area contributed by atoms with Crippen LogP contribution in [0.4, 0.5) is 0 Å². The Balaban J connectivity index is 0.00000208. The molecule has 0 aromatic carbocycles. The Morgan fingerprint density at radius 3 is 2.27 bits per heavy atom. The zero-order valence-corrected chi connectivity index (χ0v) is 18.5. The van der Waals surface area contributed by atoms with E-state index in [1.54, 1.807) is 0 Å². The van der Waals surface area contributed by atoms with Crippen molar-refractivity contribution in [2.45, 2.75) is 62.9 Å². The van der Waals surface area contributed by atoms with Crippen molar-refractivity contribution in [1.29, 1.82) is 0 Å². The van der Waals surface area contributed by atoms with Gasteiger partial charge in [0.1, 0.15) is 0 Å². The molecule has 3 heterocycles. The van der Waals surface area contributed by atoms with E-state index in [4.69, 9.17) is 0 Å². The molecule has 3 saturated heterocycles. The number of likely N-dealkylation sites (tertiary alicyclic amines) is 2. The van der Waals surface area contributed by atoms with Crippen molar-refractivity contribution in [2.24, 2.45) is 0 Å². The molecule has 3 fully saturated rings. The van der Waals surface area contributed by atoms with E-state index in [2.05, 4.69) is 27.5 Å². The first-order valence-electron chi connectivity index (χ1n) is 9.62. The third kappa shape index (κ3) is 6.99. The summed E-state index contributed by atoms with van der Waals surface area (Å²) in [6.07, 6.45) is 9.38. The molecule has 5 nitrogen and oxygen atoms in total. The van der Waals surface area contributed by atoms with Gasteiger partial charge in [-0.05, 0) is 78.3 Å². The lowest BCUT2D eigenvalue weighted by molar-refractivity contribution is -0.122. The van der Waals surface area contributed by atoms with Crippen LogP contribution in [0.2, 0.25) is 0 Å². The van der Waals surface area contributed by atoms with E-state index in [0.29, 0.717) is 12.5 Å². The van der Waals surface area contributed by atoms with Crippen LogP contribution in [0.3, 0.4) is 0 Å². The van der Waals surface area contributed by atoms with Crippen LogP contribution in [0.1, 0.15) is 51.4 Å². The number of piperidine rings is 2. The zero-order chi connectivity index (χ0) is 16.1. The number of rotatable bonds is 5. The molecule has 8 heteroatoms. The molecule has 0 saturated carbocycles. The van der Waals surface area contributed by atoms with E-state index in [1.165, 1.54) is 51.6 Å². The van der Waals surface area contributed by atoms with Crippen LogP contribution in [0.5, 0.6) is 0 Å². The van der Waals surface area contributed by atoms with Crippen LogP contribution in [0.25, 0.3) is 0 Å². The van der Waals surface area contributed by atoms with E-state index < -0.39 is 0 Å². The molecule has 3 aliphatic heterocycles. The summed E-state index contributed by atoms with van der Waals surface area (Å²) in [4.78, 5) is 17.5. The highest BCUT2D eigenvalue weighted by Gasteiger charge is 2.39. The number of amides is 1. The first kappa shape index (κ1) is 26.2. The van der Waals surface area contributed by atoms with Gasteiger partial charge < -0.3 is 15.5 Å². The maximum Gasteiger partial charge on any atom is 0.221 e. The maximum absolute atomic E-state index is 12.4. The summed E-state index contributed by atoms with van der Waals surface area (Å²) >= 11 is 0. The second kappa shape index (κ2) is 12.6. The third-order valence-electron chi connectivity index (χ3n) is 6.15. The van der Waals surface area contributed by atoms with Gasteiger partial charge >= 0.3 is 0 Å². The van der Waals surface area contributed by atoms with Crippen LogP contribution < -0.4 is 10.6 Å². The average molecular weight is 432 g/mol. The Bertz CT molecular complexity index is 394. The minimum absolute atomic E-state index is 0. The summed E-state index contributed by atoms with van der Waals surface area (Å²) in [6.45, 7) is 6.63. The van der Waals surface area contributed by atoms with Gasteiger partial charge in [0.25, 0.3) is 0 Å². The molecule has 1 unspecified atom stereocenters. The Labute approximate surface area is 177 Å². The van der Waals surface area contributed by atoms with E-state index in [-0.39, 0.29) is 48.7 Å². The van der Waals surface area contributed by atoms with Crippen LogP contribution in [-0.4, -0.2) is 73.6 Å². The standard InChI is InChI=1S/C18H34N4O.3ClH/c1-21-12-7-18(8-13-21,22-10-3-2-4-11-22)15-20-17(23)14-16-6-5-9-19-16;;;/h16,19H,2-15H2,1H3,(H,20,23);3*1H.